The Hall–Kier alpha value is -0.990. The van der Waals surface area contributed by atoms with Crippen molar-refractivity contribution in [3.8, 4) is 11.5 Å². The maximum absolute atomic E-state index is 11.4. The lowest BCUT2D eigenvalue weighted by Crippen LogP contribution is -2.07. The fourth-order valence-corrected chi connectivity index (χ4v) is 3.06. The van der Waals surface area contributed by atoms with E-state index in [9.17, 15) is 8.42 Å². The zero-order chi connectivity index (χ0) is 13.3. The number of nitrogens with zero attached hydrogens (tertiary/aromatic N) is 4. The van der Waals surface area contributed by atoms with E-state index in [0.717, 1.165) is 11.4 Å². The van der Waals surface area contributed by atoms with Crippen LogP contribution in [0.3, 0.4) is 0 Å². The van der Waals surface area contributed by atoms with Gasteiger partial charge in [0.05, 0.1) is 5.01 Å². The highest BCUT2D eigenvalue weighted by atomic mass is 35.7. The first-order chi connectivity index (χ1) is 8.43. The fourth-order valence-electron chi connectivity index (χ4n) is 1.55. The standard InChI is InChI=1S/C9H11ClN4O2S2/c1-3-4-14-8(7-5-17-6(2)11-7)12-13-9(14)18(10,15)16/h5H,3-4H2,1-2H3. The largest absolute Gasteiger partial charge is 0.296 e. The van der Waals surface area contributed by atoms with Crippen molar-refractivity contribution in [3.63, 3.8) is 0 Å². The molecule has 0 spiro atoms. The molecule has 2 heterocycles. The topological polar surface area (TPSA) is 77.7 Å². The van der Waals surface area contributed by atoms with Gasteiger partial charge in [-0.15, -0.1) is 21.5 Å². The number of hydrogen-bond acceptors (Lipinski definition) is 6. The molecule has 0 aliphatic rings. The van der Waals surface area contributed by atoms with Crippen LogP contribution in [-0.4, -0.2) is 28.2 Å². The molecule has 0 radical (unpaired) electrons. The zero-order valence-corrected chi connectivity index (χ0v) is 12.2. The molecule has 0 aromatic carbocycles. The minimum atomic E-state index is -3.90. The molecule has 0 amide bonds. The monoisotopic (exact) mass is 306 g/mol. The van der Waals surface area contributed by atoms with Crippen molar-refractivity contribution >= 4 is 31.1 Å². The predicted octanol–water partition coefficient (Wildman–Crippen LogP) is 2.05. The second-order valence-corrected chi connectivity index (χ2v) is 7.17. The van der Waals surface area contributed by atoms with Gasteiger partial charge in [0.15, 0.2) is 5.82 Å². The van der Waals surface area contributed by atoms with Crippen LogP contribution in [0.2, 0.25) is 0 Å². The number of halogens is 1. The lowest BCUT2D eigenvalue weighted by atomic mass is 10.4. The van der Waals surface area contributed by atoms with Crippen LogP contribution in [0.1, 0.15) is 18.4 Å². The van der Waals surface area contributed by atoms with Crippen molar-refractivity contribution < 1.29 is 8.42 Å². The molecular formula is C9H11ClN4O2S2. The highest BCUT2D eigenvalue weighted by Crippen LogP contribution is 2.24. The Morgan fingerprint density at radius 3 is 2.67 bits per heavy atom. The number of thiazole rings is 1. The van der Waals surface area contributed by atoms with E-state index in [-0.39, 0.29) is 5.16 Å². The Morgan fingerprint density at radius 1 is 1.44 bits per heavy atom. The minimum Gasteiger partial charge on any atom is -0.296 e. The van der Waals surface area contributed by atoms with E-state index in [1.165, 1.54) is 15.9 Å². The maximum Gasteiger partial charge on any atom is 0.296 e. The molecule has 2 aromatic heterocycles. The highest BCUT2D eigenvalue weighted by Gasteiger charge is 2.23. The number of hydrogen-bond donors (Lipinski definition) is 0. The van der Waals surface area contributed by atoms with Crippen LogP contribution in [0.15, 0.2) is 10.5 Å². The third kappa shape index (κ3) is 2.55. The van der Waals surface area contributed by atoms with E-state index >= 15 is 0 Å². The average molecular weight is 307 g/mol. The van der Waals surface area contributed by atoms with Crippen molar-refractivity contribution in [2.24, 2.45) is 0 Å². The van der Waals surface area contributed by atoms with Gasteiger partial charge in [0, 0.05) is 22.6 Å². The summed E-state index contributed by atoms with van der Waals surface area (Å²) in [5.41, 5.74) is 0.616. The molecule has 0 aliphatic carbocycles. The predicted molar refractivity (Wildman–Crippen MR) is 69.2 cm³/mol. The van der Waals surface area contributed by atoms with Gasteiger partial charge in [-0.1, -0.05) is 6.92 Å². The Bertz CT molecular complexity index is 662. The van der Waals surface area contributed by atoms with Gasteiger partial charge >= 0.3 is 0 Å². The molecule has 0 unspecified atom stereocenters. The van der Waals surface area contributed by atoms with Gasteiger partial charge < -0.3 is 0 Å². The second-order valence-electron chi connectivity index (χ2n) is 3.65. The van der Waals surface area contributed by atoms with Crippen LogP contribution in [0.5, 0.6) is 0 Å². The van der Waals surface area contributed by atoms with Gasteiger partial charge in [-0.25, -0.2) is 13.4 Å². The van der Waals surface area contributed by atoms with Crippen molar-refractivity contribution in [2.45, 2.75) is 32.0 Å². The van der Waals surface area contributed by atoms with Gasteiger partial charge in [-0.05, 0) is 13.3 Å². The Balaban J connectivity index is 2.59. The average Bonchev–Trinajstić information content (AvgIpc) is 2.83. The molecule has 0 fully saturated rings. The van der Waals surface area contributed by atoms with Gasteiger partial charge in [-0.2, -0.15) is 0 Å². The number of aryl methyl sites for hydroxylation is 1. The molecule has 0 bridgehead atoms. The van der Waals surface area contributed by atoms with E-state index < -0.39 is 9.05 Å². The molecule has 0 saturated carbocycles. The van der Waals surface area contributed by atoms with E-state index in [4.69, 9.17) is 10.7 Å². The van der Waals surface area contributed by atoms with Crippen LogP contribution in [0.4, 0.5) is 0 Å². The van der Waals surface area contributed by atoms with Crippen LogP contribution >= 0.6 is 22.0 Å². The highest BCUT2D eigenvalue weighted by molar-refractivity contribution is 8.13. The minimum absolute atomic E-state index is 0.230. The van der Waals surface area contributed by atoms with Gasteiger partial charge in [0.25, 0.3) is 14.2 Å². The summed E-state index contributed by atoms with van der Waals surface area (Å²) in [7, 11) is 1.44. The van der Waals surface area contributed by atoms with E-state index in [2.05, 4.69) is 15.2 Å². The van der Waals surface area contributed by atoms with Crippen LogP contribution < -0.4 is 0 Å². The van der Waals surface area contributed by atoms with Crippen molar-refractivity contribution in [1.82, 2.24) is 19.7 Å². The molecule has 9 heteroatoms. The molecule has 6 nitrogen and oxygen atoms in total. The number of rotatable bonds is 4. The van der Waals surface area contributed by atoms with E-state index in [1.54, 1.807) is 0 Å². The number of aromatic nitrogens is 4. The molecule has 2 rings (SSSR count). The van der Waals surface area contributed by atoms with E-state index in [0.29, 0.717) is 18.1 Å². The molecule has 18 heavy (non-hydrogen) atoms. The molecular weight excluding hydrogens is 296 g/mol. The van der Waals surface area contributed by atoms with Crippen LogP contribution in [0.25, 0.3) is 11.5 Å². The summed E-state index contributed by atoms with van der Waals surface area (Å²) in [5, 5.41) is 9.99. The second kappa shape index (κ2) is 4.94. The zero-order valence-electron chi connectivity index (χ0n) is 9.79. The first-order valence-electron chi connectivity index (χ1n) is 5.24. The normalized spacial score (nSPS) is 11.9. The quantitative estimate of drug-likeness (QED) is 0.808. The van der Waals surface area contributed by atoms with Gasteiger partial charge in [0.1, 0.15) is 5.69 Å². The maximum atomic E-state index is 11.4. The summed E-state index contributed by atoms with van der Waals surface area (Å²) < 4.78 is 24.3. The molecule has 98 valence electrons. The lowest BCUT2D eigenvalue weighted by Gasteiger charge is -2.05. The Kier molecular flexibility index (Phi) is 3.69. The molecule has 2 aromatic rings. The summed E-state index contributed by atoms with van der Waals surface area (Å²) in [4.78, 5) is 4.28. The van der Waals surface area contributed by atoms with Crippen molar-refractivity contribution in [1.29, 1.82) is 0 Å². The third-order valence-corrected chi connectivity index (χ3v) is 4.16. The van der Waals surface area contributed by atoms with E-state index in [1.807, 2.05) is 19.2 Å². The first kappa shape index (κ1) is 13.4. The molecule has 0 N–H and O–H groups in total. The molecule has 0 atom stereocenters. The SMILES string of the molecule is CCCn1c(-c2csc(C)n2)nnc1S(=O)(=O)Cl. The Morgan fingerprint density at radius 2 is 2.17 bits per heavy atom. The van der Waals surface area contributed by atoms with Gasteiger partial charge in [0.2, 0.25) is 0 Å². The summed E-state index contributed by atoms with van der Waals surface area (Å²) in [5.74, 6) is 0.431. The molecule has 0 aliphatic heterocycles. The summed E-state index contributed by atoms with van der Waals surface area (Å²) >= 11 is 1.47. The van der Waals surface area contributed by atoms with Crippen molar-refractivity contribution in [3.05, 3.63) is 10.4 Å². The Labute approximate surface area is 113 Å². The summed E-state index contributed by atoms with van der Waals surface area (Å²) in [6.45, 7) is 4.27. The fraction of sp³-hybridized carbons (Fsp3) is 0.444. The molecule has 0 saturated heterocycles. The van der Waals surface area contributed by atoms with Gasteiger partial charge in [-0.3, -0.25) is 4.57 Å². The van der Waals surface area contributed by atoms with Crippen LogP contribution in [0, 0.1) is 6.92 Å². The summed E-state index contributed by atoms with van der Waals surface area (Å²) in [6.07, 6.45) is 0.744. The van der Waals surface area contributed by atoms with Crippen molar-refractivity contribution in [2.75, 3.05) is 0 Å². The lowest BCUT2D eigenvalue weighted by molar-refractivity contribution is 0.569. The summed E-state index contributed by atoms with van der Waals surface area (Å²) in [6, 6.07) is 0. The first-order valence-corrected chi connectivity index (χ1v) is 8.42. The van der Waals surface area contributed by atoms with Crippen LogP contribution in [-0.2, 0) is 15.6 Å². The smallest absolute Gasteiger partial charge is 0.296 e. The third-order valence-electron chi connectivity index (χ3n) is 2.23.